The van der Waals surface area contributed by atoms with Crippen LogP contribution in [0.1, 0.15) is 40.4 Å². The summed E-state index contributed by atoms with van der Waals surface area (Å²) >= 11 is 0. The second-order valence-corrected chi connectivity index (χ2v) is 5.17. The SMILES string of the molecule is Cc1nn(C)c(C(F)F)c1NC(=O)c1c(C(F)F)nc2cnccn12. The van der Waals surface area contributed by atoms with Gasteiger partial charge in [0.1, 0.15) is 17.1 Å². The zero-order chi connectivity index (χ0) is 18.3. The number of fused-ring (bicyclic) bond motifs is 1. The van der Waals surface area contributed by atoms with Crippen molar-refractivity contribution in [2.24, 2.45) is 7.05 Å². The van der Waals surface area contributed by atoms with E-state index in [0.717, 1.165) is 9.08 Å². The lowest BCUT2D eigenvalue weighted by Crippen LogP contribution is -2.18. The van der Waals surface area contributed by atoms with Gasteiger partial charge in [-0.3, -0.25) is 18.9 Å². The number of imidazole rings is 1. The first-order chi connectivity index (χ1) is 11.8. The van der Waals surface area contributed by atoms with Gasteiger partial charge in [0.05, 0.1) is 17.6 Å². The summed E-state index contributed by atoms with van der Waals surface area (Å²) in [5.41, 5.74) is -1.76. The molecule has 0 aliphatic carbocycles. The number of anilines is 1. The van der Waals surface area contributed by atoms with E-state index in [1.807, 2.05) is 0 Å². The second-order valence-electron chi connectivity index (χ2n) is 5.17. The summed E-state index contributed by atoms with van der Waals surface area (Å²) in [6.45, 7) is 1.42. The number of alkyl halides is 4. The summed E-state index contributed by atoms with van der Waals surface area (Å²) in [6.07, 6.45) is -2.14. The third-order valence-electron chi connectivity index (χ3n) is 3.59. The van der Waals surface area contributed by atoms with Crippen LogP contribution < -0.4 is 5.32 Å². The van der Waals surface area contributed by atoms with E-state index in [1.165, 1.54) is 32.6 Å². The lowest BCUT2D eigenvalue weighted by Gasteiger charge is -2.09. The van der Waals surface area contributed by atoms with E-state index in [4.69, 9.17) is 0 Å². The summed E-state index contributed by atoms with van der Waals surface area (Å²) < 4.78 is 54.9. The second kappa shape index (κ2) is 6.15. The molecular formula is C14H12F4N6O. The molecule has 3 heterocycles. The maximum absolute atomic E-state index is 13.2. The number of hydrogen-bond donors (Lipinski definition) is 1. The summed E-state index contributed by atoms with van der Waals surface area (Å²) in [6, 6.07) is 0. The molecule has 132 valence electrons. The molecule has 3 aromatic heterocycles. The smallest absolute Gasteiger partial charge is 0.282 e. The predicted octanol–water partition coefficient (Wildman–Crippen LogP) is 2.90. The van der Waals surface area contributed by atoms with Gasteiger partial charge in [-0.15, -0.1) is 0 Å². The van der Waals surface area contributed by atoms with Gasteiger partial charge < -0.3 is 5.32 Å². The molecule has 0 aliphatic rings. The Bertz CT molecular complexity index is 948. The zero-order valence-electron chi connectivity index (χ0n) is 13.0. The normalized spacial score (nSPS) is 11.7. The summed E-state index contributed by atoms with van der Waals surface area (Å²) in [4.78, 5) is 20.0. The minimum Gasteiger partial charge on any atom is -0.317 e. The van der Waals surface area contributed by atoms with Crippen LogP contribution in [0.5, 0.6) is 0 Å². The number of hydrogen-bond acceptors (Lipinski definition) is 4. The van der Waals surface area contributed by atoms with E-state index in [-0.39, 0.29) is 17.0 Å². The Labute approximate surface area is 138 Å². The zero-order valence-corrected chi connectivity index (χ0v) is 13.0. The highest BCUT2D eigenvalue weighted by molar-refractivity contribution is 6.05. The quantitative estimate of drug-likeness (QED) is 0.729. The number of aromatic nitrogens is 5. The molecule has 25 heavy (non-hydrogen) atoms. The summed E-state index contributed by atoms with van der Waals surface area (Å²) in [5.74, 6) is -0.994. The number of rotatable bonds is 4. The molecule has 0 aromatic carbocycles. The maximum Gasteiger partial charge on any atom is 0.282 e. The number of carbonyl (C=O) groups is 1. The van der Waals surface area contributed by atoms with Gasteiger partial charge in [0, 0.05) is 19.4 Å². The fourth-order valence-electron chi connectivity index (χ4n) is 2.56. The van der Waals surface area contributed by atoms with Crippen molar-refractivity contribution in [3.8, 4) is 0 Å². The van der Waals surface area contributed by atoms with Crippen molar-refractivity contribution >= 4 is 17.2 Å². The molecule has 0 unspecified atom stereocenters. The van der Waals surface area contributed by atoms with Crippen molar-refractivity contribution in [2.75, 3.05) is 5.32 Å². The van der Waals surface area contributed by atoms with Crippen molar-refractivity contribution in [3.63, 3.8) is 0 Å². The van der Waals surface area contributed by atoms with Crippen molar-refractivity contribution < 1.29 is 22.4 Å². The molecule has 3 rings (SSSR count). The van der Waals surface area contributed by atoms with Crippen LogP contribution in [0, 0.1) is 6.92 Å². The lowest BCUT2D eigenvalue weighted by molar-refractivity contribution is 0.0999. The Balaban J connectivity index is 2.09. The third kappa shape index (κ3) is 2.81. The molecular weight excluding hydrogens is 344 g/mol. The van der Waals surface area contributed by atoms with Crippen LogP contribution in [0.15, 0.2) is 18.6 Å². The molecule has 0 fully saturated rings. The van der Waals surface area contributed by atoms with E-state index in [0.29, 0.717) is 0 Å². The van der Waals surface area contributed by atoms with E-state index in [9.17, 15) is 22.4 Å². The monoisotopic (exact) mass is 356 g/mol. The Morgan fingerprint density at radius 3 is 2.60 bits per heavy atom. The summed E-state index contributed by atoms with van der Waals surface area (Å²) in [7, 11) is 1.30. The number of aryl methyl sites for hydroxylation is 2. The highest BCUT2D eigenvalue weighted by atomic mass is 19.3. The van der Waals surface area contributed by atoms with Crippen LogP contribution >= 0.6 is 0 Å². The molecule has 0 bridgehead atoms. The Morgan fingerprint density at radius 1 is 1.24 bits per heavy atom. The molecule has 0 spiro atoms. The topological polar surface area (TPSA) is 77.1 Å². The van der Waals surface area contributed by atoms with Gasteiger partial charge in [0.15, 0.2) is 5.65 Å². The van der Waals surface area contributed by atoms with Gasteiger partial charge in [-0.05, 0) is 6.92 Å². The van der Waals surface area contributed by atoms with Crippen LogP contribution in [0.25, 0.3) is 5.65 Å². The fraction of sp³-hybridized carbons (Fsp3) is 0.286. The fourth-order valence-corrected chi connectivity index (χ4v) is 2.56. The van der Waals surface area contributed by atoms with E-state index in [1.54, 1.807) is 0 Å². The number of carbonyl (C=O) groups excluding carboxylic acids is 1. The Morgan fingerprint density at radius 2 is 1.96 bits per heavy atom. The van der Waals surface area contributed by atoms with Gasteiger partial charge in [-0.2, -0.15) is 5.10 Å². The largest absolute Gasteiger partial charge is 0.317 e. The first-order valence-electron chi connectivity index (χ1n) is 7.04. The number of amides is 1. The van der Waals surface area contributed by atoms with Gasteiger partial charge in [0.25, 0.3) is 18.8 Å². The van der Waals surface area contributed by atoms with Crippen LogP contribution in [-0.2, 0) is 7.05 Å². The number of halogens is 4. The molecule has 1 N–H and O–H groups in total. The minimum atomic E-state index is -3.02. The van der Waals surface area contributed by atoms with Crippen LogP contribution in [0.3, 0.4) is 0 Å². The maximum atomic E-state index is 13.2. The molecule has 11 heteroatoms. The van der Waals surface area contributed by atoms with E-state index >= 15 is 0 Å². The van der Waals surface area contributed by atoms with Crippen LogP contribution in [0.4, 0.5) is 23.2 Å². The van der Waals surface area contributed by atoms with Crippen molar-refractivity contribution in [1.29, 1.82) is 0 Å². The van der Waals surface area contributed by atoms with Gasteiger partial charge in [0.2, 0.25) is 0 Å². The predicted molar refractivity (Wildman–Crippen MR) is 78.8 cm³/mol. The van der Waals surface area contributed by atoms with Crippen LogP contribution in [-0.4, -0.2) is 30.1 Å². The average molecular weight is 356 g/mol. The molecule has 3 aromatic rings. The molecule has 7 nitrogen and oxygen atoms in total. The van der Waals surface area contributed by atoms with E-state index in [2.05, 4.69) is 20.4 Å². The standard InChI is InChI=1S/C14H12F4N6O/c1-6-8(10(13(17)18)23(2)22-6)21-14(25)11-9(12(15)16)20-7-5-19-3-4-24(7)11/h3-5,12-13H,1-2H3,(H,21,25). The van der Waals surface area contributed by atoms with Crippen LogP contribution in [0.2, 0.25) is 0 Å². The Hall–Kier alpha value is -2.98. The van der Waals surface area contributed by atoms with Gasteiger partial charge in [-0.1, -0.05) is 0 Å². The van der Waals surface area contributed by atoms with E-state index < -0.39 is 35.8 Å². The first-order valence-corrected chi connectivity index (χ1v) is 7.04. The average Bonchev–Trinajstić information content (AvgIpc) is 3.05. The number of nitrogens with zero attached hydrogens (tertiary/aromatic N) is 5. The number of nitrogens with one attached hydrogen (secondary N) is 1. The molecule has 0 saturated heterocycles. The minimum absolute atomic E-state index is 0.0416. The highest BCUT2D eigenvalue weighted by Gasteiger charge is 2.28. The lowest BCUT2D eigenvalue weighted by atomic mass is 10.2. The van der Waals surface area contributed by atoms with Crippen molar-refractivity contribution in [2.45, 2.75) is 19.8 Å². The van der Waals surface area contributed by atoms with Gasteiger partial charge in [-0.25, -0.2) is 22.5 Å². The first kappa shape index (κ1) is 16.9. The summed E-state index contributed by atoms with van der Waals surface area (Å²) in [5, 5.41) is 6.08. The van der Waals surface area contributed by atoms with Crippen molar-refractivity contribution in [3.05, 3.63) is 41.4 Å². The Kier molecular flexibility index (Phi) is 4.15. The third-order valence-corrected chi connectivity index (χ3v) is 3.59. The molecule has 0 saturated carbocycles. The van der Waals surface area contributed by atoms with Crippen molar-refractivity contribution in [1.82, 2.24) is 24.1 Å². The molecule has 0 aliphatic heterocycles. The van der Waals surface area contributed by atoms with Gasteiger partial charge >= 0.3 is 0 Å². The molecule has 1 amide bonds. The molecule has 0 radical (unpaired) electrons. The molecule has 0 atom stereocenters. The highest BCUT2D eigenvalue weighted by Crippen LogP contribution is 2.30.